The molecule has 0 unspecified atom stereocenters. The summed E-state index contributed by atoms with van der Waals surface area (Å²) in [6, 6.07) is 0. The third-order valence-corrected chi connectivity index (χ3v) is 2.25. The first-order valence-electron chi connectivity index (χ1n) is 4.36. The van der Waals surface area contributed by atoms with Crippen molar-refractivity contribution in [2.45, 2.75) is 33.2 Å². The van der Waals surface area contributed by atoms with Crippen LogP contribution in [0.4, 0.5) is 0 Å². The van der Waals surface area contributed by atoms with Crippen molar-refractivity contribution in [3.63, 3.8) is 0 Å². The number of nitrogens with zero attached hydrogens (tertiary/aromatic N) is 1. The van der Waals surface area contributed by atoms with E-state index in [4.69, 9.17) is 5.11 Å². The van der Waals surface area contributed by atoms with Crippen molar-refractivity contribution in [2.24, 2.45) is 0 Å². The summed E-state index contributed by atoms with van der Waals surface area (Å²) in [7, 11) is 1.81. The lowest BCUT2D eigenvalue weighted by Crippen LogP contribution is -2.47. The van der Waals surface area contributed by atoms with Crippen molar-refractivity contribution in [1.82, 2.24) is 4.90 Å². The fourth-order valence-corrected chi connectivity index (χ4v) is 0.711. The summed E-state index contributed by atoms with van der Waals surface area (Å²) >= 11 is 0. The van der Waals surface area contributed by atoms with Gasteiger partial charge in [-0.1, -0.05) is 11.6 Å². The molecule has 0 rings (SSSR count). The van der Waals surface area contributed by atoms with Gasteiger partial charge in [-0.15, -0.1) is 0 Å². The van der Waals surface area contributed by atoms with Gasteiger partial charge in [0.05, 0.1) is 0 Å². The van der Waals surface area contributed by atoms with Gasteiger partial charge in [0.2, 0.25) is 0 Å². The van der Waals surface area contributed by atoms with Crippen LogP contribution in [0.15, 0.2) is 11.6 Å². The van der Waals surface area contributed by atoms with Gasteiger partial charge in [0.1, 0.15) is 5.54 Å². The third-order valence-electron chi connectivity index (χ3n) is 2.25. The van der Waals surface area contributed by atoms with E-state index >= 15 is 0 Å². The lowest BCUT2D eigenvalue weighted by atomic mass is 10.0. The average Bonchev–Trinajstić information content (AvgIpc) is 1.99. The van der Waals surface area contributed by atoms with Gasteiger partial charge in [-0.2, -0.15) is 0 Å². The molecule has 0 aliphatic carbocycles. The third kappa shape index (κ3) is 3.59. The number of carbonyl (C=O) groups is 1. The fourth-order valence-electron chi connectivity index (χ4n) is 0.711. The summed E-state index contributed by atoms with van der Waals surface area (Å²) in [6.45, 7) is 8.08. The molecule has 3 nitrogen and oxygen atoms in total. The molecule has 0 aromatic rings. The number of carboxylic acid groups (broad SMARTS) is 1. The Bertz CT molecular complexity index is 215. The number of carboxylic acids is 1. The van der Waals surface area contributed by atoms with E-state index in [1.807, 2.05) is 31.9 Å². The molecule has 0 radical (unpaired) electrons. The monoisotopic (exact) mass is 185 g/mol. The van der Waals surface area contributed by atoms with Crippen molar-refractivity contribution in [3.8, 4) is 0 Å². The van der Waals surface area contributed by atoms with E-state index in [2.05, 4.69) is 0 Å². The number of allylic oxidation sites excluding steroid dienone is 1. The second kappa shape index (κ2) is 4.42. The fraction of sp³-hybridized carbons (Fsp3) is 0.700. The molecule has 76 valence electrons. The van der Waals surface area contributed by atoms with E-state index in [0.717, 1.165) is 0 Å². The lowest BCUT2D eigenvalue weighted by molar-refractivity contribution is -0.148. The minimum absolute atomic E-state index is 0.668. The van der Waals surface area contributed by atoms with E-state index in [1.54, 1.807) is 13.8 Å². The Labute approximate surface area is 80.0 Å². The average molecular weight is 185 g/mol. The van der Waals surface area contributed by atoms with Crippen molar-refractivity contribution >= 4 is 5.97 Å². The molecule has 0 spiro atoms. The predicted molar refractivity (Wildman–Crippen MR) is 53.8 cm³/mol. The summed E-state index contributed by atoms with van der Waals surface area (Å²) in [5.41, 5.74) is 0.402. The van der Waals surface area contributed by atoms with Crippen molar-refractivity contribution in [2.75, 3.05) is 13.6 Å². The standard InChI is InChI=1S/C10H19NO2/c1-8(2)6-7-11(5)10(3,4)9(12)13/h6H,7H2,1-5H3,(H,12,13). The topological polar surface area (TPSA) is 40.5 Å². The highest BCUT2D eigenvalue weighted by Gasteiger charge is 2.30. The summed E-state index contributed by atoms with van der Waals surface area (Å²) in [5, 5.41) is 8.91. The SMILES string of the molecule is CC(C)=CCN(C)C(C)(C)C(=O)O. The molecular weight excluding hydrogens is 166 g/mol. The van der Waals surface area contributed by atoms with E-state index in [-0.39, 0.29) is 0 Å². The molecule has 0 fully saturated rings. The minimum atomic E-state index is -0.800. The molecule has 0 saturated carbocycles. The largest absolute Gasteiger partial charge is 0.480 e. The van der Waals surface area contributed by atoms with Gasteiger partial charge in [0, 0.05) is 6.54 Å². The van der Waals surface area contributed by atoms with Gasteiger partial charge in [-0.25, -0.2) is 0 Å². The zero-order valence-electron chi connectivity index (χ0n) is 9.09. The Morgan fingerprint density at radius 1 is 1.46 bits per heavy atom. The highest BCUT2D eigenvalue weighted by molar-refractivity contribution is 5.77. The summed E-state index contributed by atoms with van der Waals surface area (Å²) in [6.07, 6.45) is 2.02. The number of hydrogen-bond donors (Lipinski definition) is 1. The molecule has 0 heterocycles. The first kappa shape index (κ1) is 12.2. The molecule has 1 N–H and O–H groups in total. The second-order valence-corrected chi connectivity index (χ2v) is 4.03. The van der Waals surface area contributed by atoms with E-state index in [1.165, 1.54) is 5.57 Å². The van der Waals surface area contributed by atoms with Crippen molar-refractivity contribution < 1.29 is 9.90 Å². The van der Waals surface area contributed by atoms with Crippen LogP contribution < -0.4 is 0 Å². The molecule has 0 aromatic carbocycles. The van der Waals surface area contributed by atoms with Crippen LogP contribution in [0.2, 0.25) is 0 Å². The molecule has 0 aliphatic heterocycles. The van der Waals surface area contributed by atoms with Gasteiger partial charge in [0.15, 0.2) is 0 Å². The Morgan fingerprint density at radius 2 is 1.92 bits per heavy atom. The summed E-state index contributed by atoms with van der Waals surface area (Å²) in [5.74, 6) is -0.794. The number of aliphatic carboxylic acids is 1. The van der Waals surface area contributed by atoms with Crippen LogP contribution in [-0.2, 0) is 4.79 Å². The van der Waals surface area contributed by atoms with Crippen LogP contribution in [0.25, 0.3) is 0 Å². The second-order valence-electron chi connectivity index (χ2n) is 4.03. The first-order valence-corrected chi connectivity index (χ1v) is 4.36. The van der Waals surface area contributed by atoms with E-state index in [0.29, 0.717) is 6.54 Å². The van der Waals surface area contributed by atoms with Crippen LogP contribution in [0.5, 0.6) is 0 Å². The Hall–Kier alpha value is -0.830. The number of rotatable bonds is 4. The zero-order valence-corrected chi connectivity index (χ0v) is 9.09. The predicted octanol–water partition coefficient (Wildman–Crippen LogP) is 1.75. The van der Waals surface area contributed by atoms with Crippen molar-refractivity contribution in [3.05, 3.63) is 11.6 Å². The number of hydrogen-bond acceptors (Lipinski definition) is 2. The highest BCUT2D eigenvalue weighted by atomic mass is 16.4. The highest BCUT2D eigenvalue weighted by Crippen LogP contribution is 2.12. The van der Waals surface area contributed by atoms with E-state index in [9.17, 15) is 4.79 Å². The molecule has 3 heteroatoms. The van der Waals surface area contributed by atoms with Crippen molar-refractivity contribution in [1.29, 1.82) is 0 Å². The summed E-state index contributed by atoms with van der Waals surface area (Å²) in [4.78, 5) is 12.7. The Kier molecular flexibility index (Phi) is 4.14. The van der Waals surface area contributed by atoms with Gasteiger partial charge >= 0.3 is 5.97 Å². The van der Waals surface area contributed by atoms with Crippen LogP contribution >= 0.6 is 0 Å². The number of likely N-dealkylation sites (N-methyl/N-ethyl adjacent to an activating group) is 1. The van der Waals surface area contributed by atoms with E-state index < -0.39 is 11.5 Å². The van der Waals surface area contributed by atoms with Gasteiger partial charge in [0.25, 0.3) is 0 Å². The molecule has 0 atom stereocenters. The maximum absolute atomic E-state index is 10.8. The summed E-state index contributed by atoms with van der Waals surface area (Å²) < 4.78 is 0. The van der Waals surface area contributed by atoms with Crippen LogP contribution in [0, 0.1) is 0 Å². The quantitative estimate of drug-likeness (QED) is 0.678. The normalized spacial score (nSPS) is 11.5. The maximum atomic E-state index is 10.8. The zero-order chi connectivity index (χ0) is 10.6. The van der Waals surface area contributed by atoms with Gasteiger partial charge in [-0.3, -0.25) is 9.69 Å². The molecule has 0 saturated heterocycles. The molecule has 13 heavy (non-hydrogen) atoms. The Balaban J connectivity index is 4.34. The molecule has 0 aliphatic rings. The molecule has 0 aromatic heterocycles. The van der Waals surface area contributed by atoms with Gasteiger partial charge < -0.3 is 5.11 Å². The molecule has 0 amide bonds. The smallest absolute Gasteiger partial charge is 0.323 e. The Morgan fingerprint density at radius 3 is 2.23 bits per heavy atom. The first-order chi connectivity index (χ1) is 5.78. The molecular formula is C10H19NO2. The van der Waals surface area contributed by atoms with Crippen LogP contribution in [-0.4, -0.2) is 35.1 Å². The lowest BCUT2D eigenvalue weighted by Gasteiger charge is -2.30. The maximum Gasteiger partial charge on any atom is 0.323 e. The van der Waals surface area contributed by atoms with Crippen LogP contribution in [0.3, 0.4) is 0 Å². The minimum Gasteiger partial charge on any atom is -0.480 e. The van der Waals surface area contributed by atoms with Crippen LogP contribution in [0.1, 0.15) is 27.7 Å². The molecule has 0 bridgehead atoms. The van der Waals surface area contributed by atoms with Gasteiger partial charge in [-0.05, 0) is 34.7 Å².